The van der Waals surface area contributed by atoms with Crippen LogP contribution in [0.1, 0.15) is 36.8 Å². The Kier molecular flexibility index (Phi) is 5.12. The van der Waals surface area contributed by atoms with Gasteiger partial charge in [0.05, 0.1) is 11.5 Å². The molecule has 2 fully saturated rings. The smallest absolute Gasteiger partial charge is 0.243 e. The van der Waals surface area contributed by atoms with Gasteiger partial charge in [0, 0.05) is 26.1 Å². The van der Waals surface area contributed by atoms with Crippen LogP contribution in [0.2, 0.25) is 0 Å². The molecule has 1 aromatic carbocycles. The van der Waals surface area contributed by atoms with E-state index in [-0.39, 0.29) is 11.3 Å². The van der Waals surface area contributed by atoms with Crippen LogP contribution in [0.5, 0.6) is 0 Å². The molecule has 1 atom stereocenters. The minimum Gasteiger partial charge on any atom is -0.384 e. The van der Waals surface area contributed by atoms with E-state index >= 15 is 0 Å². The first-order chi connectivity index (χ1) is 12.5. The van der Waals surface area contributed by atoms with Gasteiger partial charge in [0.1, 0.15) is 0 Å². The Hall–Kier alpha value is -0.950. The molecule has 0 aromatic heterocycles. The Bertz CT molecular complexity index is 756. The summed E-state index contributed by atoms with van der Waals surface area (Å²) in [5, 5.41) is 3.41. The second-order valence-electron chi connectivity index (χ2n) is 8.20. The van der Waals surface area contributed by atoms with Crippen molar-refractivity contribution in [3.8, 4) is 0 Å². The molecule has 0 amide bonds. The largest absolute Gasteiger partial charge is 0.384 e. The molecule has 0 bridgehead atoms. The van der Waals surface area contributed by atoms with Gasteiger partial charge in [-0.05, 0) is 80.3 Å². The molecule has 0 saturated carbocycles. The molecule has 1 aromatic rings. The van der Waals surface area contributed by atoms with Crippen LogP contribution in [0, 0.1) is 11.3 Å². The number of piperidine rings is 1. The summed E-state index contributed by atoms with van der Waals surface area (Å²) >= 11 is 0. The van der Waals surface area contributed by atoms with Gasteiger partial charge in [-0.2, -0.15) is 4.31 Å². The van der Waals surface area contributed by atoms with E-state index in [4.69, 9.17) is 4.74 Å². The lowest BCUT2D eigenvalue weighted by Crippen LogP contribution is -2.43. The van der Waals surface area contributed by atoms with Crippen molar-refractivity contribution in [3.63, 3.8) is 0 Å². The third kappa shape index (κ3) is 3.21. The number of nitrogens with one attached hydrogen (secondary N) is 1. The molecule has 2 heterocycles. The first-order valence-corrected chi connectivity index (χ1v) is 11.3. The van der Waals surface area contributed by atoms with Gasteiger partial charge in [-0.15, -0.1) is 0 Å². The molecular weight excluding hydrogens is 348 g/mol. The third-order valence-electron chi connectivity index (χ3n) is 6.71. The average molecular weight is 379 g/mol. The van der Waals surface area contributed by atoms with Gasteiger partial charge < -0.3 is 10.1 Å². The highest BCUT2D eigenvalue weighted by molar-refractivity contribution is 7.89. The number of sulfonamides is 1. The van der Waals surface area contributed by atoms with Gasteiger partial charge in [0.2, 0.25) is 10.0 Å². The number of nitrogens with zero attached hydrogens (tertiary/aromatic N) is 1. The second-order valence-corrected chi connectivity index (χ2v) is 10.1. The molecule has 144 valence electrons. The van der Waals surface area contributed by atoms with Gasteiger partial charge in [-0.1, -0.05) is 6.07 Å². The fourth-order valence-corrected chi connectivity index (χ4v) is 6.74. The standard InChI is InChI=1S/C20H30N2O3S/c1-25-14-18-13-22(15-20(18)8-10-21-11-9-20)26(23,24)19-7-6-16-4-2-3-5-17(16)12-19/h6-7,12,18,21H,2-5,8-11,13-15H2,1H3. The molecule has 2 aliphatic heterocycles. The Morgan fingerprint density at radius 3 is 2.65 bits per heavy atom. The normalized spacial score (nSPS) is 26.1. The number of ether oxygens (including phenoxy) is 1. The maximum atomic E-state index is 13.4. The lowest BCUT2D eigenvalue weighted by Gasteiger charge is -2.38. The zero-order valence-electron chi connectivity index (χ0n) is 15.7. The first kappa shape index (κ1) is 18.4. The van der Waals surface area contributed by atoms with Gasteiger partial charge >= 0.3 is 0 Å². The average Bonchev–Trinajstić information content (AvgIpc) is 3.01. The van der Waals surface area contributed by atoms with E-state index in [1.807, 2.05) is 18.2 Å². The molecule has 5 nitrogen and oxygen atoms in total. The Labute approximate surface area is 157 Å². The molecule has 1 unspecified atom stereocenters. The lowest BCUT2D eigenvalue weighted by molar-refractivity contribution is 0.0718. The summed E-state index contributed by atoms with van der Waals surface area (Å²) in [5.41, 5.74) is 2.60. The van der Waals surface area contributed by atoms with Crippen LogP contribution in [-0.2, 0) is 27.6 Å². The van der Waals surface area contributed by atoms with Gasteiger partial charge in [0.15, 0.2) is 0 Å². The van der Waals surface area contributed by atoms with E-state index in [2.05, 4.69) is 5.32 Å². The highest BCUT2D eigenvalue weighted by atomic mass is 32.2. The minimum atomic E-state index is -3.44. The number of methoxy groups -OCH3 is 1. The van der Waals surface area contributed by atoms with E-state index < -0.39 is 10.0 Å². The van der Waals surface area contributed by atoms with E-state index in [9.17, 15) is 8.42 Å². The Morgan fingerprint density at radius 2 is 1.92 bits per heavy atom. The first-order valence-electron chi connectivity index (χ1n) is 9.87. The summed E-state index contributed by atoms with van der Waals surface area (Å²) in [6.45, 7) is 3.77. The number of aryl methyl sites for hydroxylation is 2. The maximum absolute atomic E-state index is 13.4. The molecule has 26 heavy (non-hydrogen) atoms. The number of hydrogen-bond acceptors (Lipinski definition) is 4. The fraction of sp³-hybridized carbons (Fsp3) is 0.700. The van der Waals surface area contributed by atoms with Crippen molar-refractivity contribution in [1.82, 2.24) is 9.62 Å². The van der Waals surface area contributed by atoms with Gasteiger partial charge in [-0.25, -0.2) is 8.42 Å². The summed E-state index contributed by atoms with van der Waals surface area (Å²) in [7, 11) is -1.72. The van der Waals surface area contributed by atoms with Crippen molar-refractivity contribution in [2.75, 3.05) is 39.9 Å². The molecule has 1 N–H and O–H groups in total. The fourth-order valence-electron chi connectivity index (χ4n) is 5.11. The molecule has 4 rings (SSSR count). The van der Waals surface area contributed by atoms with Crippen molar-refractivity contribution < 1.29 is 13.2 Å². The second kappa shape index (κ2) is 7.23. The molecular formula is C20H30N2O3S. The molecule has 0 radical (unpaired) electrons. The van der Waals surface area contributed by atoms with Gasteiger partial charge in [0.25, 0.3) is 0 Å². The molecule has 2 saturated heterocycles. The monoisotopic (exact) mass is 378 g/mol. The van der Waals surface area contributed by atoms with Crippen LogP contribution in [0.25, 0.3) is 0 Å². The van der Waals surface area contributed by atoms with Crippen molar-refractivity contribution in [3.05, 3.63) is 29.3 Å². The third-order valence-corrected chi connectivity index (χ3v) is 8.51. The quantitative estimate of drug-likeness (QED) is 0.873. The SMILES string of the molecule is COCC1CN(S(=O)(=O)c2ccc3c(c2)CCCC3)CC12CCNCC2. The molecule has 3 aliphatic rings. The summed E-state index contributed by atoms with van der Waals surface area (Å²) in [5.74, 6) is 0.280. The topological polar surface area (TPSA) is 58.6 Å². The van der Waals surface area contributed by atoms with E-state index in [1.165, 1.54) is 17.5 Å². The predicted molar refractivity (Wildman–Crippen MR) is 102 cm³/mol. The number of rotatable bonds is 4. The zero-order valence-corrected chi connectivity index (χ0v) is 16.5. The number of fused-ring (bicyclic) bond motifs is 1. The van der Waals surface area contributed by atoms with Crippen LogP contribution in [0.15, 0.2) is 23.1 Å². The molecule has 1 aliphatic carbocycles. The number of benzene rings is 1. The highest BCUT2D eigenvalue weighted by Gasteiger charge is 2.50. The van der Waals surface area contributed by atoms with E-state index in [0.29, 0.717) is 24.6 Å². The summed E-state index contributed by atoms with van der Waals surface area (Å²) in [4.78, 5) is 0.473. The van der Waals surface area contributed by atoms with E-state index in [1.54, 1.807) is 11.4 Å². The highest BCUT2D eigenvalue weighted by Crippen LogP contribution is 2.45. The number of hydrogen-bond donors (Lipinski definition) is 1. The van der Waals surface area contributed by atoms with Crippen molar-refractivity contribution in [2.24, 2.45) is 11.3 Å². The zero-order chi connectivity index (χ0) is 18.2. The van der Waals surface area contributed by atoms with Crippen molar-refractivity contribution in [1.29, 1.82) is 0 Å². The van der Waals surface area contributed by atoms with Crippen molar-refractivity contribution >= 4 is 10.0 Å². The van der Waals surface area contributed by atoms with E-state index in [0.717, 1.165) is 45.2 Å². The summed E-state index contributed by atoms with van der Waals surface area (Å²) in [6, 6.07) is 5.78. The van der Waals surface area contributed by atoms with Crippen molar-refractivity contribution in [2.45, 2.75) is 43.4 Å². The summed E-state index contributed by atoms with van der Waals surface area (Å²) in [6.07, 6.45) is 6.49. The predicted octanol–water partition coefficient (Wildman–Crippen LogP) is 2.20. The van der Waals surface area contributed by atoms with Crippen LogP contribution < -0.4 is 5.32 Å². The summed E-state index contributed by atoms with van der Waals surface area (Å²) < 4.78 is 33.9. The van der Waals surface area contributed by atoms with Crippen LogP contribution in [-0.4, -0.2) is 52.6 Å². The Morgan fingerprint density at radius 1 is 1.19 bits per heavy atom. The van der Waals surface area contributed by atoms with Gasteiger partial charge in [-0.3, -0.25) is 0 Å². The minimum absolute atomic E-state index is 0.0581. The maximum Gasteiger partial charge on any atom is 0.243 e. The van der Waals surface area contributed by atoms with Crippen LogP contribution in [0.4, 0.5) is 0 Å². The van der Waals surface area contributed by atoms with Crippen LogP contribution >= 0.6 is 0 Å². The molecule has 6 heteroatoms. The van der Waals surface area contributed by atoms with Crippen LogP contribution in [0.3, 0.4) is 0 Å². The lowest BCUT2D eigenvalue weighted by atomic mass is 9.71. The Balaban J connectivity index is 1.61. The molecule has 1 spiro atoms.